The van der Waals surface area contributed by atoms with Crippen LogP contribution >= 0.6 is 0 Å². The highest BCUT2D eigenvalue weighted by molar-refractivity contribution is 5.83. The molecule has 0 N–H and O–H groups in total. The molecule has 1 aliphatic rings. The van der Waals surface area contributed by atoms with Crippen LogP contribution in [-0.2, 0) is 14.3 Å². The van der Waals surface area contributed by atoms with Crippen LogP contribution in [0.3, 0.4) is 0 Å². The van der Waals surface area contributed by atoms with E-state index in [1.165, 1.54) is 7.11 Å². The van der Waals surface area contributed by atoms with Crippen molar-refractivity contribution >= 4 is 11.9 Å². The minimum atomic E-state index is -0.365. The van der Waals surface area contributed by atoms with Crippen molar-refractivity contribution in [2.75, 3.05) is 20.2 Å². The quantitative estimate of drug-likeness (QED) is 0.754. The molecule has 0 aliphatic carbocycles. The Bertz CT molecular complexity index is 700. The number of hydrogen-bond acceptors (Lipinski definition) is 6. The Morgan fingerprint density at radius 1 is 1.39 bits per heavy atom. The number of hydrogen-bond donors (Lipinski definition) is 0. The van der Waals surface area contributed by atoms with Crippen molar-refractivity contribution in [1.82, 2.24) is 24.9 Å². The molecule has 1 fully saturated rings. The molecular formula is C15H17N5O3. The molecule has 8 nitrogen and oxygen atoms in total. The molecular weight excluding hydrogens is 298 g/mol. The van der Waals surface area contributed by atoms with Crippen LogP contribution in [0.4, 0.5) is 0 Å². The fourth-order valence-corrected chi connectivity index (χ4v) is 2.60. The van der Waals surface area contributed by atoms with Gasteiger partial charge in [-0.05, 0) is 18.6 Å². The molecule has 1 atom stereocenters. The van der Waals surface area contributed by atoms with E-state index < -0.39 is 0 Å². The van der Waals surface area contributed by atoms with Crippen LogP contribution in [0.25, 0.3) is 11.3 Å². The van der Waals surface area contributed by atoms with Crippen molar-refractivity contribution in [2.45, 2.75) is 18.9 Å². The Labute approximate surface area is 133 Å². The van der Waals surface area contributed by atoms with E-state index >= 15 is 0 Å². The Hall–Kier alpha value is -2.77. The van der Waals surface area contributed by atoms with E-state index in [0.717, 1.165) is 5.56 Å². The summed E-state index contributed by atoms with van der Waals surface area (Å²) in [6.07, 6.45) is 5.99. The first-order valence-electron chi connectivity index (χ1n) is 7.37. The minimum absolute atomic E-state index is 0.0416. The molecule has 1 aliphatic heterocycles. The molecule has 120 valence electrons. The van der Waals surface area contributed by atoms with Crippen LogP contribution < -0.4 is 0 Å². The van der Waals surface area contributed by atoms with E-state index in [1.54, 1.807) is 28.2 Å². The fourth-order valence-electron chi connectivity index (χ4n) is 2.60. The van der Waals surface area contributed by atoms with Gasteiger partial charge in [0, 0.05) is 31.0 Å². The Kier molecular flexibility index (Phi) is 4.31. The first kappa shape index (κ1) is 15.1. The maximum atomic E-state index is 12.4. The summed E-state index contributed by atoms with van der Waals surface area (Å²) in [5, 5.41) is 8.20. The van der Waals surface area contributed by atoms with Crippen LogP contribution in [0.15, 0.2) is 30.7 Å². The number of esters is 1. The number of amides is 1. The molecule has 3 rings (SSSR count). The number of rotatable bonds is 5. The van der Waals surface area contributed by atoms with E-state index in [4.69, 9.17) is 0 Å². The largest absolute Gasteiger partial charge is 0.469 e. The van der Waals surface area contributed by atoms with Crippen LogP contribution in [-0.4, -0.2) is 57.0 Å². The first-order valence-corrected chi connectivity index (χ1v) is 7.37. The van der Waals surface area contributed by atoms with Gasteiger partial charge in [-0.15, -0.1) is 5.10 Å². The molecule has 0 aromatic carbocycles. The second-order valence-electron chi connectivity index (χ2n) is 5.28. The molecule has 0 radical (unpaired) electrons. The van der Waals surface area contributed by atoms with Crippen molar-refractivity contribution in [1.29, 1.82) is 0 Å². The summed E-state index contributed by atoms with van der Waals surface area (Å²) < 4.78 is 6.19. The summed E-state index contributed by atoms with van der Waals surface area (Å²) >= 11 is 0. The Morgan fingerprint density at radius 2 is 2.17 bits per heavy atom. The van der Waals surface area contributed by atoms with Crippen LogP contribution in [0.5, 0.6) is 0 Å². The molecule has 0 spiro atoms. The van der Waals surface area contributed by atoms with Gasteiger partial charge in [-0.1, -0.05) is 5.21 Å². The summed E-state index contributed by atoms with van der Waals surface area (Å²) in [5.41, 5.74) is 1.60. The lowest BCUT2D eigenvalue weighted by Gasteiger charge is -2.15. The monoisotopic (exact) mass is 315 g/mol. The topological polar surface area (TPSA) is 90.2 Å². The smallest absolute Gasteiger partial charge is 0.307 e. The minimum Gasteiger partial charge on any atom is -0.469 e. The maximum Gasteiger partial charge on any atom is 0.307 e. The number of likely N-dealkylation sites (tertiary alicyclic amines) is 1. The molecule has 0 saturated carbocycles. The van der Waals surface area contributed by atoms with Crippen LogP contribution in [0.2, 0.25) is 0 Å². The summed E-state index contributed by atoms with van der Waals surface area (Å²) in [4.78, 5) is 29.2. The van der Waals surface area contributed by atoms with E-state index in [1.807, 2.05) is 12.1 Å². The first-order chi connectivity index (χ1) is 11.2. The third-order valence-electron chi connectivity index (χ3n) is 3.89. The van der Waals surface area contributed by atoms with Gasteiger partial charge in [0.2, 0.25) is 5.91 Å². The Morgan fingerprint density at radius 3 is 2.91 bits per heavy atom. The number of carbonyl (C=O) groups excluding carboxylic acids is 2. The van der Waals surface area contributed by atoms with Gasteiger partial charge in [-0.3, -0.25) is 14.6 Å². The summed E-state index contributed by atoms with van der Waals surface area (Å²) in [6, 6.07) is 3.32. The van der Waals surface area contributed by atoms with Gasteiger partial charge in [0.15, 0.2) is 0 Å². The predicted molar refractivity (Wildman–Crippen MR) is 80.1 cm³/mol. The van der Waals surface area contributed by atoms with Crippen molar-refractivity contribution in [3.8, 4) is 11.3 Å². The number of carbonyl (C=O) groups is 2. The van der Waals surface area contributed by atoms with Crippen molar-refractivity contribution in [3.05, 3.63) is 30.7 Å². The molecule has 8 heteroatoms. The average molecular weight is 315 g/mol. The Balaban J connectivity index is 1.68. The molecule has 0 bridgehead atoms. The van der Waals surface area contributed by atoms with Gasteiger partial charge >= 0.3 is 5.97 Å². The standard InChI is InChI=1S/C15H17N5O3/c1-23-14(21)5-9-19-8-4-13(15(19)22)20-10-12(17-18-20)11-2-6-16-7-3-11/h2-3,6-7,10,13H,4-5,8-9H2,1H3. The van der Waals surface area contributed by atoms with E-state index in [-0.39, 0.29) is 24.3 Å². The molecule has 1 unspecified atom stereocenters. The zero-order valence-corrected chi connectivity index (χ0v) is 12.8. The van der Waals surface area contributed by atoms with Gasteiger partial charge in [0.1, 0.15) is 11.7 Å². The zero-order chi connectivity index (χ0) is 16.2. The lowest BCUT2D eigenvalue weighted by molar-refractivity contribution is -0.141. The molecule has 1 amide bonds. The SMILES string of the molecule is COC(=O)CCN1CCC(n2cc(-c3ccncc3)nn2)C1=O. The van der Waals surface area contributed by atoms with Gasteiger partial charge in [0.05, 0.1) is 19.7 Å². The number of aromatic nitrogens is 4. The highest BCUT2D eigenvalue weighted by atomic mass is 16.5. The van der Waals surface area contributed by atoms with Gasteiger partial charge in [-0.2, -0.15) is 0 Å². The molecule has 3 heterocycles. The van der Waals surface area contributed by atoms with E-state index in [9.17, 15) is 9.59 Å². The summed E-state index contributed by atoms with van der Waals surface area (Å²) in [5.74, 6) is -0.359. The highest BCUT2D eigenvalue weighted by Crippen LogP contribution is 2.24. The molecule has 2 aromatic rings. The third kappa shape index (κ3) is 3.20. The molecule has 2 aromatic heterocycles. The second-order valence-corrected chi connectivity index (χ2v) is 5.28. The van der Waals surface area contributed by atoms with Crippen molar-refractivity contribution in [2.24, 2.45) is 0 Å². The van der Waals surface area contributed by atoms with Crippen LogP contribution in [0, 0.1) is 0 Å². The second kappa shape index (κ2) is 6.55. The normalized spacial score (nSPS) is 17.5. The fraction of sp³-hybridized carbons (Fsp3) is 0.400. The lowest BCUT2D eigenvalue weighted by Crippen LogP contribution is -2.30. The van der Waals surface area contributed by atoms with E-state index in [0.29, 0.717) is 25.2 Å². The van der Waals surface area contributed by atoms with Gasteiger partial charge in [-0.25, -0.2) is 4.68 Å². The summed E-state index contributed by atoms with van der Waals surface area (Å²) in [7, 11) is 1.34. The highest BCUT2D eigenvalue weighted by Gasteiger charge is 2.33. The lowest BCUT2D eigenvalue weighted by atomic mass is 10.2. The van der Waals surface area contributed by atoms with E-state index in [2.05, 4.69) is 20.0 Å². The number of methoxy groups -OCH3 is 1. The average Bonchev–Trinajstić information content (AvgIpc) is 3.20. The maximum absolute atomic E-state index is 12.4. The van der Waals surface area contributed by atoms with Gasteiger partial charge in [0.25, 0.3) is 0 Å². The molecule has 1 saturated heterocycles. The number of nitrogens with zero attached hydrogens (tertiary/aromatic N) is 5. The predicted octanol–water partition coefficient (Wildman–Crippen LogP) is 0.677. The van der Waals surface area contributed by atoms with Crippen molar-refractivity contribution in [3.63, 3.8) is 0 Å². The zero-order valence-electron chi connectivity index (χ0n) is 12.8. The van der Waals surface area contributed by atoms with Crippen molar-refractivity contribution < 1.29 is 14.3 Å². The number of ether oxygens (including phenoxy) is 1. The third-order valence-corrected chi connectivity index (χ3v) is 3.89. The molecule has 23 heavy (non-hydrogen) atoms. The van der Waals surface area contributed by atoms with Gasteiger partial charge < -0.3 is 9.64 Å². The van der Waals surface area contributed by atoms with Crippen LogP contribution in [0.1, 0.15) is 18.9 Å². The number of pyridine rings is 1. The summed E-state index contributed by atoms with van der Waals surface area (Å²) in [6.45, 7) is 0.971.